The minimum absolute atomic E-state index is 0.190. The first kappa shape index (κ1) is 16.9. The van der Waals surface area contributed by atoms with E-state index in [-0.39, 0.29) is 13.0 Å². The summed E-state index contributed by atoms with van der Waals surface area (Å²) in [6, 6.07) is -1.36. The van der Waals surface area contributed by atoms with E-state index in [1.807, 2.05) is 12.2 Å². The predicted molar refractivity (Wildman–Crippen MR) is 67.9 cm³/mol. The van der Waals surface area contributed by atoms with Crippen LogP contribution in [0.2, 0.25) is 0 Å². The van der Waals surface area contributed by atoms with Gasteiger partial charge in [0.15, 0.2) is 12.1 Å². The third-order valence-electron chi connectivity index (χ3n) is 2.67. The van der Waals surface area contributed by atoms with Crippen LogP contribution in [0.4, 0.5) is 4.79 Å². The molecular weight excluding hydrogens is 284 g/mol. The van der Waals surface area contributed by atoms with Crippen molar-refractivity contribution in [3.8, 4) is 0 Å². The molecule has 0 aliphatic carbocycles. The Balaban J connectivity index is 2.44. The molecule has 21 heavy (non-hydrogen) atoms. The first-order chi connectivity index (χ1) is 9.97. The molecule has 2 atom stereocenters. The summed E-state index contributed by atoms with van der Waals surface area (Å²) in [5, 5.41) is 13.2. The minimum atomic E-state index is -1.36. The van der Waals surface area contributed by atoms with Gasteiger partial charge in [-0.1, -0.05) is 13.3 Å². The van der Waals surface area contributed by atoms with Crippen LogP contribution in [0.1, 0.15) is 26.2 Å². The number of carbonyl (C=O) groups excluding carboxylic acids is 4. The van der Waals surface area contributed by atoms with Crippen molar-refractivity contribution in [1.82, 2.24) is 10.6 Å². The van der Waals surface area contributed by atoms with Crippen LogP contribution >= 0.6 is 0 Å². The van der Waals surface area contributed by atoms with Crippen LogP contribution in [0.15, 0.2) is 0 Å². The number of imide groups is 1. The molecule has 9 nitrogen and oxygen atoms in total. The quantitative estimate of drug-likeness (QED) is 0.307. The third-order valence-corrected chi connectivity index (χ3v) is 2.67. The van der Waals surface area contributed by atoms with E-state index in [0.717, 1.165) is 6.42 Å². The molecular formula is C12H18N2O7. The van der Waals surface area contributed by atoms with Crippen molar-refractivity contribution in [2.45, 2.75) is 38.3 Å². The lowest BCUT2D eigenvalue weighted by molar-refractivity contribution is -0.156. The van der Waals surface area contributed by atoms with Crippen molar-refractivity contribution in [3.05, 3.63) is 0 Å². The van der Waals surface area contributed by atoms with Gasteiger partial charge in [-0.25, -0.2) is 9.59 Å². The Kier molecular flexibility index (Phi) is 6.60. The molecule has 0 saturated carbocycles. The number of alkyl carbamates (subject to hydrolysis) is 1. The summed E-state index contributed by atoms with van der Waals surface area (Å²) in [6.07, 6.45) is -0.873. The van der Waals surface area contributed by atoms with Crippen molar-refractivity contribution in [3.63, 3.8) is 0 Å². The number of nitrogens with one attached hydrogen (secondary N) is 2. The molecule has 0 aromatic rings. The van der Waals surface area contributed by atoms with E-state index in [1.54, 1.807) is 0 Å². The molecule has 1 unspecified atom stereocenters. The summed E-state index contributed by atoms with van der Waals surface area (Å²) < 4.78 is 9.54. The normalized spacial score (nSPS) is 18.9. The Morgan fingerprint density at radius 1 is 1.48 bits per heavy atom. The molecule has 0 bridgehead atoms. The minimum Gasteiger partial charge on any atom is -0.450 e. The highest BCUT2D eigenvalue weighted by Gasteiger charge is 2.35. The summed E-state index contributed by atoms with van der Waals surface area (Å²) >= 11 is 0. The van der Waals surface area contributed by atoms with Gasteiger partial charge in [-0.3, -0.25) is 14.9 Å². The van der Waals surface area contributed by atoms with Gasteiger partial charge in [-0.05, 0) is 6.42 Å². The van der Waals surface area contributed by atoms with Gasteiger partial charge in [0.2, 0.25) is 5.91 Å². The Bertz CT molecular complexity index is 424. The predicted octanol–water partition coefficient (Wildman–Crippen LogP) is -1.17. The average Bonchev–Trinajstić information content (AvgIpc) is 2.74. The summed E-state index contributed by atoms with van der Waals surface area (Å²) in [5.41, 5.74) is 0. The average molecular weight is 302 g/mol. The van der Waals surface area contributed by atoms with Crippen LogP contribution in [0, 0.1) is 0 Å². The second-order valence-corrected chi connectivity index (χ2v) is 4.41. The fourth-order valence-corrected chi connectivity index (χ4v) is 1.52. The highest BCUT2D eigenvalue weighted by molar-refractivity contribution is 6.05. The lowest BCUT2D eigenvalue weighted by Crippen LogP contribution is -2.46. The van der Waals surface area contributed by atoms with Gasteiger partial charge in [0.25, 0.3) is 5.91 Å². The van der Waals surface area contributed by atoms with Gasteiger partial charge in [0.05, 0.1) is 19.6 Å². The number of aliphatic hydroxyl groups excluding tert-OH is 1. The number of esters is 1. The van der Waals surface area contributed by atoms with Crippen LogP contribution in [0.3, 0.4) is 0 Å². The van der Waals surface area contributed by atoms with E-state index in [4.69, 9.17) is 14.6 Å². The molecule has 9 heteroatoms. The molecule has 0 aromatic heterocycles. The van der Waals surface area contributed by atoms with E-state index < -0.39 is 42.6 Å². The maximum Gasteiger partial charge on any atom is 0.407 e. The molecule has 1 fully saturated rings. The molecule has 1 rings (SSSR count). The van der Waals surface area contributed by atoms with Crippen LogP contribution in [-0.2, 0) is 23.9 Å². The molecule has 1 aliphatic heterocycles. The van der Waals surface area contributed by atoms with E-state index >= 15 is 0 Å². The first-order valence-corrected chi connectivity index (χ1v) is 6.56. The van der Waals surface area contributed by atoms with Crippen molar-refractivity contribution >= 4 is 23.9 Å². The number of hydrogen-bond acceptors (Lipinski definition) is 7. The highest BCUT2D eigenvalue weighted by atomic mass is 16.6. The number of carbonyl (C=O) groups is 4. The molecule has 3 amide bonds. The van der Waals surface area contributed by atoms with Crippen molar-refractivity contribution < 1.29 is 33.8 Å². The molecule has 1 aliphatic rings. The Morgan fingerprint density at radius 2 is 2.19 bits per heavy atom. The Hall–Kier alpha value is -2.16. The van der Waals surface area contributed by atoms with Crippen molar-refractivity contribution in [1.29, 1.82) is 0 Å². The molecule has 3 N–H and O–H groups in total. The second-order valence-electron chi connectivity index (χ2n) is 4.41. The monoisotopic (exact) mass is 302 g/mol. The summed E-state index contributed by atoms with van der Waals surface area (Å²) in [6.45, 7) is 1.39. The highest BCUT2D eigenvalue weighted by Crippen LogP contribution is 2.08. The smallest absolute Gasteiger partial charge is 0.407 e. The van der Waals surface area contributed by atoms with Crippen LogP contribution in [-0.4, -0.2) is 54.3 Å². The molecule has 118 valence electrons. The summed E-state index contributed by atoms with van der Waals surface area (Å²) in [5.74, 6) is -2.29. The maximum absolute atomic E-state index is 11.7. The molecule has 0 radical (unpaired) electrons. The number of amides is 3. The van der Waals surface area contributed by atoms with Gasteiger partial charge in [-0.15, -0.1) is 0 Å². The standard InChI is InChI=1S/C12H18N2O7/c1-2-3-4-20-12(19)13-7(6-15)11(18)21-8-5-9(16)14-10(8)17/h7-8,15H,2-6H2,1H3,(H,13,19)(H,14,16,17)/t7-,8?/m0/s1. The SMILES string of the molecule is CCCCOC(=O)N[C@@H](CO)C(=O)OC1CC(=O)NC1=O. The van der Waals surface area contributed by atoms with Gasteiger partial charge in [0.1, 0.15) is 0 Å². The van der Waals surface area contributed by atoms with E-state index in [1.165, 1.54) is 0 Å². The van der Waals surface area contributed by atoms with E-state index in [9.17, 15) is 19.2 Å². The second kappa shape index (κ2) is 8.20. The van der Waals surface area contributed by atoms with E-state index in [0.29, 0.717) is 6.42 Å². The zero-order valence-electron chi connectivity index (χ0n) is 11.6. The van der Waals surface area contributed by atoms with Crippen molar-refractivity contribution in [2.24, 2.45) is 0 Å². The summed E-state index contributed by atoms with van der Waals surface area (Å²) in [7, 11) is 0. The largest absolute Gasteiger partial charge is 0.450 e. The fraction of sp³-hybridized carbons (Fsp3) is 0.667. The first-order valence-electron chi connectivity index (χ1n) is 6.56. The number of ether oxygens (including phenoxy) is 2. The molecule has 0 aromatic carbocycles. The number of rotatable bonds is 7. The van der Waals surface area contributed by atoms with Crippen LogP contribution in [0.5, 0.6) is 0 Å². The van der Waals surface area contributed by atoms with E-state index in [2.05, 4.69) is 5.32 Å². The number of unbranched alkanes of at least 4 members (excludes halogenated alkanes) is 1. The zero-order chi connectivity index (χ0) is 15.8. The van der Waals surface area contributed by atoms with Gasteiger partial charge in [0, 0.05) is 0 Å². The summed E-state index contributed by atoms with van der Waals surface area (Å²) in [4.78, 5) is 45.3. The molecule has 1 heterocycles. The van der Waals surface area contributed by atoms with Gasteiger partial charge in [-0.2, -0.15) is 0 Å². The van der Waals surface area contributed by atoms with Gasteiger partial charge < -0.3 is 19.9 Å². The third kappa shape index (κ3) is 5.38. The lowest BCUT2D eigenvalue weighted by Gasteiger charge is -2.17. The van der Waals surface area contributed by atoms with Gasteiger partial charge >= 0.3 is 12.1 Å². The number of hydrogen-bond donors (Lipinski definition) is 3. The fourth-order valence-electron chi connectivity index (χ4n) is 1.52. The zero-order valence-corrected chi connectivity index (χ0v) is 11.6. The van der Waals surface area contributed by atoms with Crippen LogP contribution in [0.25, 0.3) is 0 Å². The number of aliphatic hydroxyl groups is 1. The molecule has 1 saturated heterocycles. The lowest BCUT2D eigenvalue weighted by atomic mass is 10.3. The Labute approximate surface area is 121 Å². The maximum atomic E-state index is 11.7. The van der Waals surface area contributed by atoms with Crippen molar-refractivity contribution in [2.75, 3.05) is 13.2 Å². The topological polar surface area (TPSA) is 131 Å². The Morgan fingerprint density at radius 3 is 2.71 bits per heavy atom. The van der Waals surface area contributed by atoms with Crippen LogP contribution < -0.4 is 10.6 Å². The molecule has 0 spiro atoms.